The highest BCUT2D eigenvalue weighted by Crippen LogP contribution is 2.31. The van der Waals surface area contributed by atoms with E-state index in [4.69, 9.17) is 9.47 Å². The number of hydrogen-bond donors (Lipinski definition) is 1. The highest BCUT2D eigenvalue weighted by molar-refractivity contribution is 7.85. The first kappa shape index (κ1) is 16.5. The molecule has 0 saturated heterocycles. The molecule has 0 aromatic heterocycles. The van der Waals surface area contributed by atoms with Crippen molar-refractivity contribution < 1.29 is 18.5 Å². The molecule has 1 unspecified atom stereocenters. The van der Waals surface area contributed by atoms with Crippen LogP contribution in [0.15, 0.2) is 17.0 Å². The summed E-state index contributed by atoms with van der Waals surface area (Å²) in [6.45, 7) is 3.85. The monoisotopic (exact) mass is 299 g/mol. The van der Waals surface area contributed by atoms with Crippen molar-refractivity contribution in [1.82, 2.24) is 5.32 Å². The van der Waals surface area contributed by atoms with Crippen LogP contribution in [-0.4, -0.2) is 36.6 Å². The number of methoxy groups -OCH3 is 2. The number of hydrogen-bond acceptors (Lipinski definition) is 4. The van der Waals surface area contributed by atoms with Crippen molar-refractivity contribution in [3.8, 4) is 11.5 Å². The van der Waals surface area contributed by atoms with Gasteiger partial charge >= 0.3 is 0 Å². The maximum Gasteiger partial charge on any atom is 0.216 e. The highest BCUT2D eigenvalue weighted by Gasteiger charge is 2.15. The third-order valence-electron chi connectivity index (χ3n) is 2.84. The van der Waals surface area contributed by atoms with E-state index >= 15 is 0 Å². The van der Waals surface area contributed by atoms with Crippen molar-refractivity contribution in [2.45, 2.75) is 25.2 Å². The van der Waals surface area contributed by atoms with Crippen molar-refractivity contribution >= 4 is 16.7 Å². The van der Waals surface area contributed by atoms with Crippen molar-refractivity contribution in [2.75, 3.05) is 26.5 Å². The molecule has 0 spiro atoms. The summed E-state index contributed by atoms with van der Waals surface area (Å²) in [5, 5.41) is 2.74. The van der Waals surface area contributed by atoms with E-state index in [0.29, 0.717) is 35.1 Å². The number of benzene rings is 1. The van der Waals surface area contributed by atoms with Crippen molar-refractivity contribution in [3.05, 3.63) is 17.7 Å². The molecule has 1 atom stereocenters. The molecule has 0 radical (unpaired) electrons. The van der Waals surface area contributed by atoms with E-state index < -0.39 is 10.8 Å². The minimum absolute atomic E-state index is 0.0698. The number of ether oxygens (including phenoxy) is 2. The molecule has 112 valence electrons. The molecule has 1 aromatic carbocycles. The van der Waals surface area contributed by atoms with Crippen molar-refractivity contribution in [3.63, 3.8) is 0 Å². The lowest BCUT2D eigenvalue weighted by atomic mass is 10.1. The fourth-order valence-electron chi connectivity index (χ4n) is 1.83. The van der Waals surface area contributed by atoms with E-state index in [2.05, 4.69) is 5.32 Å². The molecule has 0 heterocycles. The maximum absolute atomic E-state index is 12.0. The summed E-state index contributed by atoms with van der Waals surface area (Å²) < 4.78 is 22.6. The van der Waals surface area contributed by atoms with Crippen molar-refractivity contribution in [2.24, 2.45) is 0 Å². The van der Waals surface area contributed by atoms with Gasteiger partial charge in [0.05, 0.1) is 29.9 Å². The molecule has 0 fully saturated rings. The van der Waals surface area contributed by atoms with Gasteiger partial charge in [0.1, 0.15) is 11.5 Å². The van der Waals surface area contributed by atoms with Crippen LogP contribution in [0.3, 0.4) is 0 Å². The summed E-state index contributed by atoms with van der Waals surface area (Å²) in [4.78, 5) is 11.5. The average Bonchev–Trinajstić information content (AvgIpc) is 2.45. The molecule has 0 aliphatic heterocycles. The molecule has 0 saturated carbocycles. The van der Waals surface area contributed by atoms with E-state index in [1.54, 1.807) is 20.3 Å². The van der Waals surface area contributed by atoms with Gasteiger partial charge in [0, 0.05) is 25.3 Å². The first-order chi connectivity index (χ1) is 9.53. The molecule has 0 bridgehead atoms. The van der Waals surface area contributed by atoms with Gasteiger partial charge in [-0.3, -0.25) is 9.00 Å². The average molecular weight is 299 g/mol. The van der Waals surface area contributed by atoms with Gasteiger partial charge in [-0.1, -0.05) is 6.92 Å². The SMILES string of the molecule is CCS(=O)c1cc(OC)c(CCNC(C)=O)cc1OC. The number of carbonyl (C=O) groups excluding carboxylic acids is 1. The van der Waals surface area contributed by atoms with Gasteiger partial charge in [0.15, 0.2) is 0 Å². The molecule has 6 heteroatoms. The Bertz CT molecular complexity index is 502. The lowest BCUT2D eigenvalue weighted by Gasteiger charge is -2.14. The summed E-state index contributed by atoms with van der Waals surface area (Å²) in [7, 11) is 2.01. The maximum atomic E-state index is 12.0. The van der Waals surface area contributed by atoms with E-state index in [9.17, 15) is 9.00 Å². The Morgan fingerprint density at radius 2 is 1.90 bits per heavy atom. The third kappa shape index (κ3) is 4.23. The molecule has 0 aliphatic rings. The first-order valence-corrected chi connectivity index (χ1v) is 7.73. The van der Waals surface area contributed by atoms with E-state index in [0.717, 1.165) is 5.56 Å². The quantitative estimate of drug-likeness (QED) is 0.829. The Morgan fingerprint density at radius 3 is 2.40 bits per heavy atom. The Balaban J connectivity index is 3.05. The summed E-state index contributed by atoms with van der Waals surface area (Å²) in [5.41, 5.74) is 0.912. The van der Waals surface area contributed by atoms with Gasteiger partial charge in [-0.15, -0.1) is 0 Å². The molecule has 20 heavy (non-hydrogen) atoms. The zero-order valence-electron chi connectivity index (χ0n) is 12.3. The normalized spacial score (nSPS) is 11.8. The lowest BCUT2D eigenvalue weighted by Crippen LogP contribution is -2.22. The first-order valence-electron chi connectivity index (χ1n) is 6.41. The standard InChI is InChI=1S/C14H21NO4S/c1-5-20(17)14-9-12(18-3)11(8-13(14)19-4)6-7-15-10(2)16/h8-9H,5-7H2,1-4H3,(H,15,16). The van der Waals surface area contributed by atoms with Gasteiger partial charge in [-0.05, 0) is 18.1 Å². The summed E-state index contributed by atoms with van der Waals surface area (Å²) >= 11 is 0. The van der Waals surface area contributed by atoms with Gasteiger partial charge in [-0.2, -0.15) is 0 Å². The molecule has 1 aromatic rings. The summed E-state index contributed by atoms with van der Waals surface area (Å²) in [5.74, 6) is 1.70. The smallest absolute Gasteiger partial charge is 0.216 e. The predicted octanol–water partition coefficient (Wildman–Crippen LogP) is 1.51. The zero-order chi connectivity index (χ0) is 15.1. The largest absolute Gasteiger partial charge is 0.496 e. The molecule has 1 rings (SSSR count). The second-order valence-electron chi connectivity index (χ2n) is 4.18. The Hall–Kier alpha value is -1.56. The highest BCUT2D eigenvalue weighted by atomic mass is 32.2. The summed E-state index contributed by atoms with van der Waals surface area (Å²) in [6.07, 6.45) is 0.623. The van der Waals surface area contributed by atoms with Crippen molar-refractivity contribution in [1.29, 1.82) is 0 Å². The summed E-state index contributed by atoms with van der Waals surface area (Å²) in [6, 6.07) is 3.57. The molecule has 0 aliphatic carbocycles. The minimum Gasteiger partial charge on any atom is -0.496 e. The van der Waals surface area contributed by atoms with Gasteiger partial charge in [0.25, 0.3) is 0 Å². The van der Waals surface area contributed by atoms with Crippen LogP contribution in [-0.2, 0) is 22.0 Å². The van der Waals surface area contributed by atoms with Crippen LogP contribution >= 0.6 is 0 Å². The number of nitrogens with one attached hydrogen (secondary N) is 1. The van der Waals surface area contributed by atoms with Crippen LogP contribution in [0.2, 0.25) is 0 Å². The number of carbonyl (C=O) groups is 1. The van der Waals surface area contributed by atoms with Crippen LogP contribution in [0.25, 0.3) is 0 Å². The van der Waals surface area contributed by atoms with Gasteiger partial charge in [-0.25, -0.2) is 0 Å². The zero-order valence-corrected chi connectivity index (χ0v) is 13.1. The van der Waals surface area contributed by atoms with Gasteiger partial charge in [0.2, 0.25) is 5.91 Å². The number of rotatable bonds is 7. The van der Waals surface area contributed by atoms with Crippen LogP contribution in [0.4, 0.5) is 0 Å². The van der Waals surface area contributed by atoms with E-state index in [-0.39, 0.29) is 5.91 Å². The fourth-order valence-corrected chi connectivity index (χ4v) is 2.75. The Morgan fingerprint density at radius 1 is 1.25 bits per heavy atom. The van der Waals surface area contributed by atoms with Gasteiger partial charge < -0.3 is 14.8 Å². The minimum atomic E-state index is -1.11. The molecule has 1 N–H and O–H groups in total. The topological polar surface area (TPSA) is 64.6 Å². The van der Waals surface area contributed by atoms with E-state index in [1.165, 1.54) is 6.92 Å². The molecular formula is C14H21NO4S. The molecule has 1 amide bonds. The third-order valence-corrected chi connectivity index (χ3v) is 4.18. The number of amides is 1. The Labute approximate surface area is 122 Å². The van der Waals surface area contributed by atoms with Crippen LogP contribution in [0.1, 0.15) is 19.4 Å². The lowest BCUT2D eigenvalue weighted by molar-refractivity contribution is -0.118. The predicted molar refractivity (Wildman–Crippen MR) is 78.9 cm³/mol. The van der Waals surface area contributed by atoms with E-state index in [1.807, 2.05) is 13.0 Å². The molecular weight excluding hydrogens is 278 g/mol. The van der Waals surface area contributed by atoms with Crippen LogP contribution in [0.5, 0.6) is 11.5 Å². The second kappa shape index (κ2) is 7.89. The molecule has 5 nitrogen and oxygen atoms in total. The fraction of sp³-hybridized carbons (Fsp3) is 0.500. The Kier molecular flexibility index (Phi) is 6.51. The second-order valence-corrected chi connectivity index (χ2v) is 5.89. The van der Waals surface area contributed by atoms with Crippen LogP contribution in [0, 0.1) is 0 Å². The van der Waals surface area contributed by atoms with Crippen LogP contribution < -0.4 is 14.8 Å².